The minimum absolute atomic E-state index is 0.497. The number of hydrogen-bond donors (Lipinski definition) is 0. The lowest BCUT2D eigenvalue weighted by atomic mass is 10.3. The normalized spacial score (nSPS) is 11.8. The average Bonchev–Trinajstić information content (AvgIpc) is 2.45. The van der Waals surface area contributed by atoms with Crippen molar-refractivity contribution >= 4 is 15.8 Å². The van der Waals surface area contributed by atoms with E-state index in [1.54, 1.807) is 0 Å². The molecule has 0 aliphatic heterocycles. The maximum Gasteiger partial charge on any atom is 0.573 e. The van der Waals surface area contributed by atoms with E-state index in [0.29, 0.717) is 24.3 Å². The molecule has 2 aromatic rings. The summed E-state index contributed by atoms with van der Waals surface area (Å²) in [7, 11) is -4.65. The fourth-order valence-corrected chi connectivity index (χ4v) is 2.62. The molecule has 0 radical (unpaired) electrons. The molecular formula is C13H7F4NO6S. The Bertz CT molecular complexity index is 896. The third-order valence-corrected chi connectivity index (χ3v) is 3.91. The van der Waals surface area contributed by atoms with E-state index in [2.05, 4.69) is 8.92 Å². The molecule has 0 fully saturated rings. The number of benzene rings is 2. The highest BCUT2D eigenvalue weighted by Crippen LogP contribution is 2.31. The van der Waals surface area contributed by atoms with Gasteiger partial charge in [-0.2, -0.15) is 8.42 Å². The van der Waals surface area contributed by atoms with Crippen LogP contribution in [0.25, 0.3) is 0 Å². The van der Waals surface area contributed by atoms with Crippen molar-refractivity contribution in [2.75, 3.05) is 0 Å². The van der Waals surface area contributed by atoms with Gasteiger partial charge < -0.3 is 8.92 Å². The van der Waals surface area contributed by atoms with Gasteiger partial charge in [0.1, 0.15) is 16.5 Å². The second-order valence-corrected chi connectivity index (χ2v) is 5.97. The first-order valence-corrected chi connectivity index (χ1v) is 7.63. The first-order valence-electron chi connectivity index (χ1n) is 6.22. The van der Waals surface area contributed by atoms with Gasteiger partial charge in [0, 0.05) is 12.1 Å². The summed E-state index contributed by atoms with van der Waals surface area (Å²) in [6, 6.07) is 4.84. The first-order chi connectivity index (χ1) is 11.5. The molecule has 7 nitrogen and oxygen atoms in total. The van der Waals surface area contributed by atoms with Crippen LogP contribution < -0.4 is 8.92 Å². The van der Waals surface area contributed by atoms with Gasteiger partial charge in [0.15, 0.2) is 0 Å². The summed E-state index contributed by atoms with van der Waals surface area (Å²) in [5.74, 6) is -2.53. The molecule has 0 bridgehead atoms. The Balaban J connectivity index is 2.31. The molecule has 12 heteroatoms. The molecular weight excluding hydrogens is 374 g/mol. The number of hydrogen-bond acceptors (Lipinski definition) is 6. The van der Waals surface area contributed by atoms with Crippen LogP contribution >= 0.6 is 0 Å². The highest BCUT2D eigenvalue weighted by Gasteiger charge is 2.31. The van der Waals surface area contributed by atoms with E-state index >= 15 is 0 Å². The zero-order valence-corrected chi connectivity index (χ0v) is 12.7. The quantitative estimate of drug-likeness (QED) is 0.341. The van der Waals surface area contributed by atoms with Crippen LogP contribution in [-0.2, 0) is 10.1 Å². The smallest absolute Gasteiger partial charge is 0.406 e. The summed E-state index contributed by atoms with van der Waals surface area (Å²) in [6.07, 6.45) is -4.96. The van der Waals surface area contributed by atoms with Crippen LogP contribution in [0.2, 0.25) is 0 Å². The largest absolute Gasteiger partial charge is 0.573 e. The number of ether oxygens (including phenoxy) is 1. The van der Waals surface area contributed by atoms with E-state index in [1.807, 2.05) is 0 Å². The fraction of sp³-hybridized carbons (Fsp3) is 0.0769. The Morgan fingerprint density at radius 2 is 1.64 bits per heavy atom. The molecule has 0 saturated heterocycles. The topological polar surface area (TPSA) is 95.7 Å². The zero-order valence-electron chi connectivity index (χ0n) is 11.9. The number of nitrogens with zero attached hydrogens (tertiary/aromatic N) is 1. The summed E-state index contributed by atoms with van der Waals surface area (Å²) in [4.78, 5) is 9.23. The van der Waals surface area contributed by atoms with Gasteiger partial charge >= 0.3 is 22.2 Å². The average molecular weight is 381 g/mol. The highest BCUT2D eigenvalue weighted by molar-refractivity contribution is 7.87. The number of nitro benzene ring substituents is 1. The number of halogens is 4. The Morgan fingerprint density at radius 3 is 2.16 bits per heavy atom. The van der Waals surface area contributed by atoms with Gasteiger partial charge in [-0.3, -0.25) is 10.1 Å². The second kappa shape index (κ2) is 6.55. The SMILES string of the molecule is O=[N+]([O-])c1ccc(F)cc1OS(=O)(=O)c1ccc(OC(F)(F)F)cc1. The lowest BCUT2D eigenvalue weighted by Gasteiger charge is -2.10. The third-order valence-electron chi connectivity index (χ3n) is 2.66. The summed E-state index contributed by atoms with van der Waals surface area (Å²) < 4.78 is 81.6. The lowest BCUT2D eigenvalue weighted by Crippen LogP contribution is -2.17. The number of alkyl halides is 3. The van der Waals surface area contributed by atoms with Crippen LogP contribution in [0.3, 0.4) is 0 Å². The predicted octanol–water partition coefficient (Wildman–Crippen LogP) is 3.40. The van der Waals surface area contributed by atoms with E-state index < -0.39 is 49.3 Å². The minimum atomic E-state index is -4.96. The molecule has 0 spiro atoms. The number of nitro groups is 1. The van der Waals surface area contributed by atoms with Crippen LogP contribution in [0.4, 0.5) is 23.2 Å². The van der Waals surface area contributed by atoms with Crippen molar-refractivity contribution in [3.05, 3.63) is 58.4 Å². The Hall–Kier alpha value is -2.89. The molecule has 0 aliphatic carbocycles. The van der Waals surface area contributed by atoms with Gasteiger partial charge in [-0.25, -0.2) is 4.39 Å². The molecule has 0 heterocycles. The van der Waals surface area contributed by atoms with Crippen molar-refractivity contribution in [3.63, 3.8) is 0 Å². The maximum absolute atomic E-state index is 13.2. The summed E-state index contributed by atoms with van der Waals surface area (Å²) >= 11 is 0. The first kappa shape index (κ1) is 18.4. The Kier molecular flexibility index (Phi) is 4.83. The third kappa shape index (κ3) is 4.79. The fourth-order valence-electron chi connectivity index (χ4n) is 1.68. The molecule has 0 N–H and O–H groups in total. The highest BCUT2D eigenvalue weighted by atomic mass is 32.2. The lowest BCUT2D eigenvalue weighted by molar-refractivity contribution is -0.385. The van der Waals surface area contributed by atoms with Crippen LogP contribution in [0.5, 0.6) is 11.5 Å². The summed E-state index contributed by atoms with van der Waals surface area (Å²) in [6.45, 7) is 0. The van der Waals surface area contributed by atoms with E-state index in [0.717, 1.165) is 18.2 Å². The molecule has 2 rings (SSSR count). The zero-order chi connectivity index (χ0) is 18.8. The van der Waals surface area contributed by atoms with Crippen molar-refractivity contribution < 1.29 is 39.8 Å². The Labute approximate surface area is 137 Å². The van der Waals surface area contributed by atoms with Crippen LogP contribution in [0, 0.1) is 15.9 Å². The van der Waals surface area contributed by atoms with E-state index in [9.17, 15) is 36.1 Å². The summed E-state index contributed by atoms with van der Waals surface area (Å²) in [5.41, 5.74) is -0.804. The van der Waals surface area contributed by atoms with Crippen LogP contribution in [-0.4, -0.2) is 19.7 Å². The van der Waals surface area contributed by atoms with Gasteiger partial charge in [0.2, 0.25) is 5.75 Å². The molecule has 2 aromatic carbocycles. The van der Waals surface area contributed by atoms with Crippen molar-refractivity contribution in [3.8, 4) is 11.5 Å². The van der Waals surface area contributed by atoms with Crippen LogP contribution in [0.15, 0.2) is 47.4 Å². The molecule has 0 amide bonds. The van der Waals surface area contributed by atoms with E-state index in [1.165, 1.54) is 0 Å². The molecule has 25 heavy (non-hydrogen) atoms. The molecule has 134 valence electrons. The standard InChI is InChI=1S/C13H7F4NO6S/c14-8-1-6-11(18(19)20)12(7-8)24-25(21,22)10-4-2-9(3-5-10)23-13(15,16)17/h1-7H. The van der Waals surface area contributed by atoms with Gasteiger partial charge in [0.25, 0.3) is 0 Å². The second-order valence-electron chi connectivity index (χ2n) is 4.43. The van der Waals surface area contributed by atoms with Crippen molar-refractivity contribution in [2.24, 2.45) is 0 Å². The minimum Gasteiger partial charge on any atom is -0.406 e. The van der Waals surface area contributed by atoms with Crippen LogP contribution in [0.1, 0.15) is 0 Å². The van der Waals surface area contributed by atoms with Gasteiger partial charge in [-0.1, -0.05) is 0 Å². The van der Waals surface area contributed by atoms with Crippen molar-refractivity contribution in [1.29, 1.82) is 0 Å². The number of rotatable bonds is 5. The predicted molar refractivity (Wildman–Crippen MR) is 74.0 cm³/mol. The van der Waals surface area contributed by atoms with Crippen molar-refractivity contribution in [2.45, 2.75) is 11.3 Å². The molecule has 0 atom stereocenters. The molecule has 0 unspecified atom stereocenters. The Morgan fingerprint density at radius 1 is 1.04 bits per heavy atom. The van der Waals surface area contributed by atoms with Gasteiger partial charge in [-0.15, -0.1) is 13.2 Å². The van der Waals surface area contributed by atoms with E-state index in [-0.39, 0.29) is 0 Å². The molecule has 0 saturated carbocycles. The molecule has 0 aliphatic rings. The monoisotopic (exact) mass is 381 g/mol. The maximum atomic E-state index is 13.2. The molecule has 0 aromatic heterocycles. The van der Waals surface area contributed by atoms with E-state index in [4.69, 9.17) is 0 Å². The van der Waals surface area contributed by atoms with Gasteiger partial charge in [-0.05, 0) is 30.3 Å². The van der Waals surface area contributed by atoms with Crippen molar-refractivity contribution in [1.82, 2.24) is 0 Å². The summed E-state index contributed by atoms with van der Waals surface area (Å²) in [5, 5.41) is 10.8. The van der Waals surface area contributed by atoms with Gasteiger partial charge in [0.05, 0.1) is 4.92 Å².